The minimum atomic E-state index is -0.699. The van der Waals surface area contributed by atoms with E-state index in [1.165, 1.54) is 7.05 Å². The normalized spacial score (nSPS) is 10.2. The zero-order chi connectivity index (χ0) is 16.5. The number of hydrogen-bond acceptors (Lipinski definition) is 5. The molecule has 0 heterocycles. The highest BCUT2D eigenvalue weighted by atomic mass is 16.5. The first-order chi connectivity index (χ1) is 10.4. The molecule has 1 aromatic rings. The van der Waals surface area contributed by atoms with Crippen LogP contribution < -0.4 is 10.6 Å². The molecule has 0 spiro atoms. The molecule has 0 unspecified atom stereocenters. The largest absolute Gasteiger partial charge is 0.452 e. The van der Waals surface area contributed by atoms with Crippen LogP contribution in [0.15, 0.2) is 24.3 Å². The molecular formula is C15H20N2O5. The summed E-state index contributed by atoms with van der Waals surface area (Å²) in [5, 5.41) is 4.21. The van der Waals surface area contributed by atoms with Crippen molar-refractivity contribution >= 4 is 17.9 Å². The van der Waals surface area contributed by atoms with Crippen molar-refractivity contribution in [1.29, 1.82) is 0 Å². The molecule has 0 aliphatic rings. The molecule has 0 aliphatic carbocycles. The fraction of sp³-hybridized carbons (Fsp3) is 0.400. The minimum Gasteiger partial charge on any atom is -0.452 e. The number of benzene rings is 1. The Morgan fingerprint density at radius 1 is 1.14 bits per heavy atom. The summed E-state index contributed by atoms with van der Waals surface area (Å²) in [6, 6.07) is 6.04. The highest BCUT2D eigenvalue weighted by molar-refractivity contribution is 5.96. The second-order valence-electron chi connectivity index (χ2n) is 4.76. The number of imide groups is 1. The summed E-state index contributed by atoms with van der Waals surface area (Å²) >= 11 is 0. The fourth-order valence-electron chi connectivity index (χ4n) is 1.44. The number of ether oxygens (including phenoxy) is 2. The van der Waals surface area contributed by atoms with Crippen LogP contribution in [0.3, 0.4) is 0 Å². The van der Waals surface area contributed by atoms with Gasteiger partial charge in [-0.25, -0.2) is 9.59 Å². The summed E-state index contributed by atoms with van der Waals surface area (Å²) in [5.41, 5.74) is 1.25. The van der Waals surface area contributed by atoms with Gasteiger partial charge in [0, 0.05) is 7.05 Å². The van der Waals surface area contributed by atoms with Gasteiger partial charge in [-0.2, -0.15) is 0 Å². The van der Waals surface area contributed by atoms with Crippen molar-refractivity contribution in [2.75, 3.05) is 13.7 Å². The number of amides is 3. The molecule has 0 aromatic heterocycles. The van der Waals surface area contributed by atoms with Crippen molar-refractivity contribution in [3.63, 3.8) is 0 Å². The standard InChI is InChI=1S/C15H20N2O5/c1-10(2)21-8-11-4-6-12(7-5-11)14(19)22-9-13(18)17-15(20)16-3/h4-7,10H,8-9H2,1-3H3,(H2,16,17,18,20). The molecule has 0 bridgehead atoms. The van der Waals surface area contributed by atoms with Gasteiger partial charge in [0.05, 0.1) is 18.3 Å². The summed E-state index contributed by atoms with van der Waals surface area (Å²) in [4.78, 5) is 33.9. The van der Waals surface area contributed by atoms with Crippen LogP contribution in [0.4, 0.5) is 4.79 Å². The summed E-state index contributed by atoms with van der Waals surface area (Å²) in [5.74, 6) is -1.34. The molecule has 0 saturated carbocycles. The Hall–Kier alpha value is -2.41. The Bertz CT molecular complexity index is 525. The molecular weight excluding hydrogens is 288 g/mol. The molecule has 1 rings (SSSR count). The number of nitrogens with one attached hydrogen (secondary N) is 2. The number of esters is 1. The maximum atomic E-state index is 11.7. The lowest BCUT2D eigenvalue weighted by atomic mass is 10.1. The molecule has 0 aliphatic heterocycles. The first-order valence-electron chi connectivity index (χ1n) is 6.81. The van der Waals surface area contributed by atoms with Crippen molar-refractivity contribution < 1.29 is 23.9 Å². The number of hydrogen-bond donors (Lipinski definition) is 2. The van der Waals surface area contributed by atoms with Gasteiger partial charge >= 0.3 is 12.0 Å². The van der Waals surface area contributed by atoms with Gasteiger partial charge in [0.1, 0.15) is 0 Å². The molecule has 1 aromatic carbocycles. The molecule has 2 N–H and O–H groups in total. The summed E-state index contributed by atoms with van der Waals surface area (Å²) in [6.45, 7) is 3.82. The Balaban J connectivity index is 2.45. The number of carbonyl (C=O) groups excluding carboxylic acids is 3. The van der Waals surface area contributed by atoms with Crippen LogP contribution in [0.5, 0.6) is 0 Å². The predicted octanol–water partition coefficient (Wildman–Crippen LogP) is 1.22. The molecule has 22 heavy (non-hydrogen) atoms. The van der Waals surface area contributed by atoms with Crippen LogP contribution in [-0.4, -0.2) is 37.7 Å². The third kappa shape index (κ3) is 6.36. The molecule has 0 radical (unpaired) electrons. The molecule has 0 saturated heterocycles. The minimum absolute atomic E-state index is 0.128. The zero-order valence-corrected chi connectivity index (χ0v) is 12.8. The van der Waals surface area contributed by atoms with Gasteiger partial charge in [-0.1, -0.05) is 12.1 Å². The van der Waals surface area contributed by atoms with Gasteiger partial charge in [0.15, 0.2) is 6.61 Å². The molecule has 3 amide bonds. The second kappa shape index (κ2) is 8.78. The average Bonchev–Trinajstić information content (AvgIpc) is 2.50. The highest BCUT2D eigenvalue weighted by Gasteiger charge is 2.11. The Morgan fingerprint density at radius 3 is 2.32 bits per heavy atom. The van der Waals surface area contributed by atoms with E-state index in [0.717, 1.165) is 5.56 Å². The topological polar surface area (TPSA) is 93.7 Å². The van der Waals surface area contributed by atoms with E-state index in [-0.39, 0.29) is 6.10 Å². The monoisotopic (exact) mass is 308 g/mol. The molecule has 7 heteroatoms. The highest BCUT2D eigenvalue weighted by Crippen LogP contribution is 2.08. The van der Waals surface area contributed by atoms with E-state index >= 15 is 0 Å². The Labute approximate surface area is 129 Å². The number of rotatable bonds is 6. The van der Waals surface area contributed by atoms with E-state index in [1.54, 1.807) is 24.3 Å². The first-order valence-corrected chi connectivity index (χ1v) is 6.81. The Morgan fingerprint density at radius 2 is 1.77 bits per heavy atom. The zero-order valence-electron chi connectivity index (χ0n) is 12.8. The lowest BCUT2D eigenvalue weighted by molar-refractivity contribution is -0.123. The van der Waals surface area contributed by atoms with E-state index in [0.29, 0.717) is 12.2 Å². The van der Waals surface area contributed by atoms with E-state index in [1.807, 2.05) is 19.2 Å². The average molecular weight is 308 g/mol. The van der Waals surface area contributed by atoms with Crippen LogP contribution in [-0.2, 0) is 20.9 Å². The third-order valence-electron chi connectivity index (χ3n) is 2.59. The Kier molecular flexibility index (Phi) is 7.04. The van der Waals surface area contributed by atoms with E-state index < -0.39 is 24.5 Å². The molecule has 0 fully saturated rings. The lowest BCUT2D eigenvalue weighted by Gasteiger charge is -2.08. The third-order valence-corrected chi connectivity index (χ3v) is 2.59. The summed E-state index contributed by atoms with van der Waals surface area (Å²) < 4.78 is 10.3. The summed E-state index contributed by atoms with van der Waals surface area (Å²) in [7, 11) is 1.37. The van der Waals surface area contributed by atoms with Gasteiger partial charge in [0.25, 0.3) is 5.91 Å². The maximum Gasteiger partial charge on any atom is 0.338 e. The van der Waals surface area contributed by atoms with E-state index in [4.69, 9.17) is 9.47 Å². The molecule has 0 atom stereocenters. The van der Waals surface area contributed by atoms with Crippen molar-refractivity contribution in [2.45, 2.75) is 26.6 Å². The summed E-state index contributed by atoms with van der Waals surface area (Å²) in [6.07, 6.45) is 0.128. The van der Waals surface area contributed by atoms with Gasteiger partial charge in [0.2, 0.25) is 0 Å². The van der Waals surface area contributed by atoms with Crippen LogP contribution in [0, 0.1) is 0 Å². The van der Waals surface area contributed by atoms with Crippen LogP contribution in [0.1, 0.15) is 29.8 Å². The van der Waals surface area contributed by atoms with E-state index in [2.05, 4.69) is 5.32 Å². The van der Waals surface area contributed by atoms with Gasteiger partial charge < -0.3 is 14.8 Å². The quantitative estimate of drug-likeness (QED) is 0.771. The van der Waals surface area contributed by atoms with Gasteiger partial charge in [-0.05, 0) is 31.5 Å². The van der Waals surface area contributed by atoms with Crippen LogP contribution >= 0.6 is 0 Å². The second-order valence-corrected chi connectivity index (χ2v) is 4.76. The smallest absolute Gasteiger partial charge is 0.338 e. The van der Waals surface area contributed by atoms with Crippen LogP contribution in [0.2, 0.25) is 0 Å². The van der Waals surface area contributed by atoms with Crippen molar-refractivity contribution in [2.24, 2.45) is 0 Å². The van der Waals surface area contributed by atoms with Gasteiger partial charge in [-0.3, -0.25) is 10.1 Å². The maximum absolute atomic E-state index is 11.7. The van der Waals surface area contributed by atoms with Crippen molar-refractivity contribution in [3.05, 3.63) is 35.4 Å². The lowest BCUT2D eigenvalue weighted by Crippen LogP contribution is -2.39. The van der Waals surface area contributed by atoms with Crippen molar-refractivity contribution in [1.82, 2.24) is 10.6 Å². The molecule has 120 valence electrons. The first kappa shape index (κ1) is 17.6. The van der Waals surface area contributed by atoms with Crippen LogP contribution in [0.25, 0.3) is 0 Å². The predicted molar refractivity (Wildman–Crippen MR) is 79.2 cm³/mol. The van der Waals surface area contributed by atoms with Gasteiger partial charge in [-0.15, -0.1) is 0 Å². The number of carbonyl (C=O) groups is 3. The van der Waals surface area contributed by atoms with E-state index in [9.17, 15) is 14.4 Å². The fourth-order valence-corrected chi connectivity index (χ4v) is 1.44. The van der Waals surface area contributed by atoms with Crippen molar-refractivity contribution in [3.8, 4) is 0 Å². The SMILES string of the molecule is CNC(=O)NC(=O)COC(=O)c1ccc(COC(C)C)cc1. The molecule has 7 nitrogen and oxygen atoms in total. The number of urea groups is 1.